The smallest absolute Gasteiger partial charge is 0.250 e. The molecule has 4 heteroatoms. The van der Waals surface area contributed by atoms with Crippen LogP contribution in [0.25, 0.3) is 0 Å². The summed E-state index contributed by atoms with van der Waals surface area (Å²) in [6, 6.07) is 7.09. The summed E-state index contributed by atoms with van der Waals surface area (Å²) in [5, 5.41) is 3.19. The van der Waals surface area contributed by atoms with Gasteiger partial charge in [0.15, 0.2) is 0 Å². The van der Waals surface area contributed by atoms with E-state index in [0.29, 0.717) is 10.7 Å². The topological polar surface area (TPSA) is 38.3 Å². The first-order valence-electron chi connectivity index (χ1n) is 4.75. The number of hydrogen-bond donors (Lipinski definition) is 1. The lowest BCUT2D eigenvalue weighted by molar-refractivity contribution is -0.121. The molecule has 0 atom stereocenters. The van der Waals surface area contributed by atoms with Crippen molar-refractivity contribution in [3.63, 3.8) is 0 Å². The van der Waals surface area contributed by atoms with Crippen molar-refractivity contribution in [1.82, 2.24) is 0 Å². The van der Waals surface area contributed by atoms with Crippen molar-refractivity contribution in [3.8, 4) is 0 Å². The number of ether oxygens (including phenoxy) is 1. The molecule has 1 amide bonds. The zero-order valence-electron chi connectivity index (χ0n) is 8.79. The van der Waals surface area contributed by atoms with Crippen LogP contribution in [0.1, 0.15) is 13.8 Å². The van der Waals surface area contributed by atoms with E-state index >= 15 is 0 Å². The van der Waals surface area contributed by atoms with E-state index < -0.39 is 0 Å². The molecule has 0 heterocycles. The van der Waals surface area contributed by atoms with Gasteiger partial charge in [0.25, 0.3) is 0 Å². The second kappa shape index (κ2) is 5.73. The number of carbonyl (C=O) groups is 1. The quantitative estimate of drug-likeness (QED) is 0.859. The Hall–Kier alpha value is -1.06. The van der Waals surface area contributed by atoms with E-state index in [1.807, 2.05) is 26.0 Å². The second-order valence-electron chi connectivity index (χ2n) is 3.39. The number of rotatable bonds is 4. The lowest BCUT2D eigenvalue weighted by Gasteiger charge is -2.09. The summed E-state index contributed by atoms with van der Waals surface area (Å²) in [6.45, 7) is 3.80. The lowest BCUT2D eigenvalue weighted by atomic mass is 10.3. The SMILES string of the molecule is CC(C)OCC(=O)Nc1ccccc1Cl. The van der Waals surface area contributed by atoms with Gasteiger partial charge in [0.1, 0.15) is 6.61 Å². The Labute approximate surface area is 94.4 Å². The predicted octanol–water partition coefficient (Wildman–Crippen LogP) is 2.70. The number of para-hydroxylation sites is 1. The van der Waals surface area contributed by atoms with Crippen molar-refractivity contribution < 1.29 is 9.53 Å². The Morgan fingerprint density at radius 1 is 1.47 bits per heavy atom. The minimum absolute atomic E-state index is 0.0435. The Morgan fingerprint density at radius 3 is 2.73 bits per heavy atom. The zero-order valence-corrected chi connectivity index (χ0v) is 9.54. The molecule has 1 aromatic carbocycles. The maximum absolute atomic E-state index is 11.4. The summed E-state index contributed by atoms with van der Waals surface area (Å²) < 4.78 is 5.16. The summed E-state index contributed by atoms with van der Waals surface area (Å²) >= 11 is 5.88. The third kappa shape index (κ3) is 4.32. The van der Waals surface area contributed by atoms with Gasteiger partial charge in [-0.3, -0.25) is 4.79 Å². The fraction of sp³-hybridized carbons (Fsp3) is 0.364. The molecule has 0 spiro atoms. The van der Waals surface area contributed by atoms with Crippen molar-refractivity contribution in [3.05, 3.63) is 29.3 Å². The molecule has 0 unspecified atom stereocenters. The van der Waals surface area contributed by atoms with Gasteiger partial charge >= 0.3 is 0 Å². The van der Waals surface area contributed by atoms with Crippen LogP contribution in [0.3, 0.4) is 0 Å². The van der Waals surface area contributed by atoms with Crippen molar-refractivity contribution in [2.75, 3.05) is 11.9 Å². The van der Waals surface area contributed by atoms with Crippen LogP contribution in [0.2, 0.25) is 5.02 Å². The molecule has 0 aromatic heterocycles. The van der Waals surface area contributed by atoms with Crippen molar-refractivity contribution in [2.24, 2.45) is 0 Å². The number of amides is 1. The largest absolute Gasteiger partial charge is 0.369 e. The van der Waals surface area contributed by atoms with E-state index in [4.69, 9.17) is 16.3 Å². The molecular weight excluding hydrogens is 214 g/mol. The molecule has 1 aromatic rings. The highest BCUT2D eigenvalue weighted by molar-refractivity contribution is 6.33. The Bertz CT molecular complexity index is 339. The van der Waals surface area contributed by atoms with Crippen LogP contribution < -0.4 is 5.32 Å². The normalized spacial score (nSPS) is 10.4. The van der Waals surface area contributed by atoms with E-state index in [1.165, 1.54) is 0 Å². The average molecular weight is 228 g/mol. The van der Waals surface area contributed by atoms with Crippen LogP contribution in [-0.2, 0) is 9.53 Å². The number of hydrogen-bond acceptors (Lipinski definition) is 2. The number of nitrogens with one attached hydrogen (secondary N) is 1. The average Bonchev–Trinajstić information content (AvgIpc) is 2.18. The van der Waals surface area contributed by atoms with Gasteiger partial charge in [0, 0.05) is 0 Å². The van der Waals surface area contributed by atoms with Gasteiger partial charge in [-0.1, -0.05) is 23.7 Å². The van der Waals surface area contributed by atoms with Crippen LogP contribution in [0.15, 0.2) is 24.3 Å². The minimum atomic E-state index is -0.197. The molecule has 1 rings (SSSR count). The van der Waals surface area contributed by atoms with Gasteiger partial charge in [-0.15, -0.1) is 0 Å². The van der Waals surface area contributed by atoms with Crippen LogP contribution in [-0.4, -0.2) is 18.6 Å². The molecule has 3 nitrogen and oxygen atoms in total. The number of anilines is 1. The second-order valence-corrected chi connectivity index (χ2v) is 3.79. The minimum Gasteiger partial charge on any atom is -0.369 e. The molecule has 0 aliphatic carbocycles. The first kappa shape index (κ1) is 12.0. The maximum atomic E-state index is 11.4. The first-order valence-corrected chi connectivity index (χ1v) is 5.13. The van der Waals surface area contributed by atoms with Crippen molar-refractivity contribution in [2.45, 2.75) is 20.0 Å². The van der Waals surface area contributed by atoms with E-state index in [0.717, 1.165) is 0 Å². The number of halogens is 1. The maximum Gasteiger partial charge on any atom is 0.250 e. The molecule has 1 N–H and O–H groups in total. The third-order valence-corrected chi connectivity index (χ3v) is 2.03. The Kier molecular flexibility index (Phi) is 4.59. The van der Waals surface area contributed by atoms with E-state index in [9.17, 15) is 4.79 Å². The molecule has 0 radical (unpaired) electrons. The fourth-order valence-corrected chi connectivity index (χ4v) is 1.17. The Morgan fingerprint density at radius 2 is 2.13 bits per heavy atom. The molecule has 15 heavy (non-hydrogen) atoms. The molecule has 0 saturated heterocycles. The predicted molar refractivity (Wildman–Crippen MR) is 61.2 cm³/mol. The van der Waals surface area contributed by atoms with Crippen LogP contribution in [0, 0.1) is 0 Å². The summed E-state index contributed by atoms with van der Waals surface area (Å²) in [4.78, 5) is 11.4. The molecule has 0 saturated carbocycles. The van der Waals surface area contributed by atoms with E-state index in [-0.39, 0.29) is 18.6 Å². The molecule has 0 aliphatic heterocycles. The summed E-state index contributed by atoms with van der Waals surface area (Å²) in [7, 11) is 0. The fourth-order valence-electron chi connectivity index (χ4n) is 0.991. The van der Waals surface area contributed by atoms with Crippen LogP contribution in [0.5, 0.6) is 0 Å². The highest BCUT2D eigenvalue weighted by Crippen LogP contribution is 2.20. The zero-order chi connectivity index (χ0) is 11.3. The lowest BCUT2D eigenvalue weighted by Crippen LogP contribution is -2.20. The van der Waals surface area contributed by atoms with Gasteiger partial charge in [-0.2, -0.15) is 0 Å². The van der Waals surface area contributed by atoms with Gasteiger partial charge < -0.3 is 10.1 Å². The third-order valence-electron chi connectivity index (χ3n) is 1.70. The molecule has 0 bridgehead atoms. The van der Waals surface area contributed by atoms with E-state index in [1.54, 1.807) is 12.1 Å². The molecular formula is C11H14ClNO2. The van der Waals surface area contributed by atoms with Gasteiger partial charge in [0.05, 0.1) is 16.8 Å². The number of benzene rings is 1. The van der Waals surface area contributed by atoms with Crippen molar-refractivity contribution >= 4 is 23.2 Å². The first-order chi connectivity index (χ1) is 7.09. The van der Waals surface area contributed by atoms with Crippen LogP contribution >= 0.6 is 11.6 Å². The Balaban J connectivity index is 2.48. The standard InChI is InChI=1S/C11H14ClNO2/c1-8(2)15-7-11(14)13-10-6-4-3-5-9(10)12/h3-6,8H,7H2,1-2H3,(H,13,14). The molecule has 0 fully saturated rings. The highest BCUT2D eigenvalue weighted by Gasteiger charge is 2.05. The van der Waals surface area contributed by atoms with Gasteiger partial charge in [-0.05, 0) is 26.0 Å². The summed E-state index contributed by atoms with van der Waals surface area (Å²) in [5.41, 5.74) is 0.608. The monoisotopic (exact) mass is 227 g/mol. The van der Waals surface area contributed by atoms with Crippen molar-refractivity contribution in [1.29, 1.82) is 0 Å². The van der Waals surface area contributed by atoms with Gasteiger partial charge in [0.2, 0.25) is 5.91 Å². The molecule has 0 aliphatic rings. The summed E-state index contributed by atoms with van der Waals surface area (Å²) in [5.74, 6) is -0.197. The summed E-state index contributed by atoms with van der Waals surface area (Å²) in [6.07, 6.45) is 0.0435. The molecule has 82 valence electrons. The van der Waals surface area contributed by atoms with Crippen LogP contribution in [0.4, 0.5) is 5.69 Å². The number of carbonyl (C=O) groups excluding carboxylic acids is 1. The highest BCUT2D eigenvalue weighted by atomic mass is 35.5. The van der Waals surface area contributed by atoms with Gasteiger partial charge in [-0.25, -0.2) is 0 Å². The van der Waals surface area contributed by atoms with E-state index in [2.05, 4.69) is 5.32 Å².